The maximum Gasteiger partial charge on any atom is 0.129 e. The standard InChI is InChI=1S/C12H15F2NO/c1-7-9(13)5-10(14)8-3-4-16-6-11(15-2)12(7)8/h5,11,15H,3-4,6H2,1-2H3. The number of nitrogens with one attached hydrogen (secondary N) is 1. The van der Waals surface area contributed by atoms with Crippen LogP contribution in [0.3, 0.4) is 0 Å². The second-order valence-corrected chi connectivity index (χ2v) is 4.02. The summed E-state index contributed by atoms with van der Waals surface area (Å²) in [4.78, 5) is 0. The topological polar surface area (TPSA) is 21.3 Å². The summed E-state index contributed by atoms with van der Waals surface area (Å²) >= 11 is 0. The van der Waals surface area contributed by atoms with Crippen molar-refractivity contribution in [2.75, 3.05) is 20.3 Å². The fourth-order valence-electron chi connectivity index (χ4n) is 2.20. The molecule has 1 aromatic rings. The molecule has 16 heavy (non-hydrogen) atoms. The molecule has 1 unspecified atom stereocenters. The van der Waals surface area contributed by atoms with Crippen molar-refractivity contribution in [1.82, 2.24) is 5.32 Å². The zero-order valence-corrected chi connectivity index (χ0v) is 9.44. The highest BCUT2D eigenvalue weighted by molar-refractivity contribution is 5.40. The minimum Gasteiger partial charge on any atom is -0.379 e. The molecule has 0 saturated carbocycles. The van der Waals surface area contributed by atoms with Crippen molar-refractivity contribution in [3.05, 3.63) is 34.4 Å². The van der Waals surface area contributed by atoms with Crippen molar-refractivity contribution in [2.24, 2.45) is 0 Å². The molecule has 0 saturated heterocycles. The maximum atomic E-state index is 13.7. The van der Waals surface area contributed by atoms with E-state index in [0.717, 1.165) is 11.6 Å². The van der Waals surface area contributed by atoms with Gasteiger partial charge in [0, 0.05) is 6.07 Å². The third-order valence-corrected chi connectivity index (χ3v) is 3.11. The predicted molar refractivity (Wildman–Crippen MR) is 57.4 cm³/mol. The summed E-state index contributed by atoms with van der Waals surface area (Å²) in [6.07, 6.45) is 0.500. The fourth-order valence-corrected chi connectivity index (χ4v) is 2.20. The van der Waals surface area contributed by atoms with E-state index in [-0.39, 0.29) is 6.04 Å². The van der Waals surface area contributed by atoms with Crippen LogP contribution in [-0.4, -0.2) is 20.3 Å². The summed E-state index contributed by atoms with van der Waals surface area (Å²) in [5, 5.41) is 3.04. The molecule has 1 aromatic carbocycles. The first-order valence-corrected chi connectivity index (χ1v) is 5.37. The van der Waals surface area contributed by atoms with Gasteiger partial charge < -0.3 is 10.1 Å². The molecule has 1 N–H and O–H groups in total. The fraction of sp³-hybridized carbons (Fsp3) is 0.500. The highest BCUT2D eigenvalue weighted by atomic mass is 19.1. The molecule has 2 rings (SSSR count). The second-order valence-electron chi connectivity index (χ2n) is 4.02. The van der Waals surface area contributed by atoms with Crippen LogP contribution in [-0.2, 0) is 11.2 Å². The monoisotopic (exact) mass is 227 g/mol. The summed E-state index contributed by atoms with van der Waals surface area (Å²) in [7, 11) is 1.77. The second kappa shape index (κ2) is 4.47. The molecule has 4 heteroatoms. The van der Waals surface area contributed by atoms with Crippen LogP contribution in [0.25, 0.3) is 0 Å². The quantitative estimate of drug-likeness (QED) is 0.793. The molecular weight excluding hydrogens is 212 g/mol. The number of hydrogen-bond acceptors (Lipinski definition) is 2. The molecule has 88 valence electrons. The zero-order valence-electron chi connectivity index (χ0n) is 9.44. The molecule has 2 nitrogen and oxygen atoms in total. The summed E-state index contributed by atoms with van der Waals surface area (Å²) in [6, 6.07) is 0.828. The van der Waals surface area contributed by atoms with E-state index >= 15 is 0 Å². The lowest BCUT2D eigenvalue weighted by Crippen LogP contribution is -2.22. The van der Waals surface area contributed by atoms with Crippen molar-refractivity contribution in [3.8, 4) is 0 Å². The number of rotatable bonds is 1. The molecule has 1 aliphatic heterocycles. The summed E-state index contributed by atoms with van der Waals surface area (Å²) in [5.41, 5.74) is 1.81. The van der Waals surface area contributed by atoms with Gasteiger partial charge in [-0.25, -0.2) is 8.78 Å². The highest BCUT2D eigenvalue weighted by Crippen LogP contribution is 2.29. The third kappa shape index (κ3) is 1.83. The molecule has 1 aliphatic rings. The molecule has 0 bridgehead atoms. The third-order valence-electron chi connectivity index (χ3n) is 3.11. The molecule has 0 aromatic heterocycles. The van der Waals surface area contributed by atoms with Crippen LogP contribution < -0.4 is 5.32 Å². The zero-order chi connectivity index (χ0) is 11.7. The van der Waals surface area contributed by atoms with Crippen LogP contribution in [0, 0.1) is 18.6 Å². The van der Waals surface area contributed by atoms with E-state index < -0.39 is 11.6 Å². The van der Waals surface area contributed by atoms with Gasteiger partial charge in [-0.1, -0.05) is 0 Å². The number of benzene rings is 1. The van der Waals surface area contributed by atoms with E-state index in [1.54, 1.807) is 14.0 Å². The lowest BCUT2D eigenvalue weighted by Gasteiger charge is -2.19. The molecule has 0 aliphatic carbocycles. The average Bonchev–Trinajstić information content (AvgIpc) is 2.48. The van der Waals surface area contributed by atoms with Crippen molar-refractivity contribution in [1.29, 1.82) is 0 Å². The van der Waals surface area contributed by atoms with Gasteiger partial charge in [-0.05, 0) is 37.1 Å². The molecule has 0 spiro atoms. The molecule has 0 amide bonds. The van der Waals surface area contributed by atoms with Crippen LogP contribution in [0.4, 0.5) is 8.78 Å². The predicted octanol–water partition coefficient (Wildman–Crippen LogP) is 2.11. The number of fused-ring (bicyclic) bond motifs is 1. The van der Waals surface area contributed by atoms with Crippen LogP contribution >= 0.6 is 0 Å². The van der Waals surface area contributed by atoms with Crippen LogP contribution in [0.2, 0.25) is 0 Å². The Balaban J connectivity index is 2.61. The lowest BCUT2D eigenvalue weighted by molar-refractivity contribution is 0.123. The number of likely N-dealkylation sites (N-methyl/N-ethyl adjacent to an activating group) is 1. The Labute approximate surface area is 93.6 Å². The van der Waals surface area contributed by atoms with Crippen LogP contribution in [0.5, 0.6) is 0 Å². The minimum atomic E-state index is -0.488. The van der Waals surface area contributed by atoms with Gasteiger partial charge in [-0.15, -0.1) is 0 Å². The Morgan fingerprint density at radius 3 is 2.81 bits per heavy atom. The average molecular weight is 227 g/mol. The SMILES string of the molecule is CNC1COCCc2c(F)cc(F)c(C)c21. The van der Waals surface area contributed by atoms with E-state index in [4.69, 9.17) is 4.74 Å². The normalized spacial score (nSPS) is 20.4. The van der Waals surface area contributed by atoms with Gasteiger partial charge in [-0.2, -0.15) is 0 Å². The van der Waals surface area contributed by atoms with E-state index in [9.17, 15) is 8.78 Å². The summed E-state index contributed by atoms with van der Waals surface area (Å²) < 4.78 is 32.6. The number of ether oxygens (including phenoxy) is 1. The van der Waals surface area contributed by atoms with Crippen molar-refractivity contribution >= 4 is 0 Å². The van der Waals surface area contributed by atoms with Gasteiger partial charge in [0.2, 0.25) is 0 Å². The maximum absolute atomic E-state index is 13.7. The van der Waals surface area contributed by atoms with Gasteiger partial charge >= 0.3 is 0 Å². The Morgan fingerprint density at radius 2 is 2.12 bits per heavy atom. The Kier molecular flexibility index (Phi) is 3.21. The molecule has 1 atom stereocenters. The van der Waals surface area contributed by atoms with Gasteiger partial charge in [0.25, 0.3) is 0 Å². The highest BCUT2D eigenvalue weighted by Gasteiger charge is 2.24. The molecule has 0 fully saturated rings. The molecular formula is C12H15F2NO. The lowest BCUT2D eigenvalue weighted by atomic mass is 9.94. The minimum absolute atomic E-state index is 0.136. The Hall–Kier alpha value is -1.00. The van der Waals surface area contributed by atoms with Crippen molar-refractivity contribution in [2.45, 2.75) is 19.4 Å². The van der Waals surface area contributed by atoms with Crippen LogP contribution in [0.1, 0.15) is 22.7 Å². The van der Waals surface area contributed by atoms with Crippen LogP contribution in [0.15, 0.2) is 6.07 Å². The first-order valence-electron chi connectivity index (χ1n) is 5.37. The summed E-state index contributed by atoms with van der Waals surface area (Å²) in [6.45, 7) is 2.61. The van der Waals surface area contributed by atoms with Crippen molar-refractivity contribution < 1.29 is 13.5 Å². The van der Waals surface area contributed by atoms with Crippen molar-refractivity contribution in [3.63, 3.8) is 0 Å². The van der Waals surface area contributed by atoms with Gasteiger partial charge in [0.1, 0.15) is 11.6 Å². The number of halogens is 2. The van der Waals surface area contributed by atoms with E-state index in [1.807, 2.05) is 0 Å². The molecule has 0 radical (unpaired) electrons. The first-order chi connectivity index (χ1) is 7.65. The van der Waals surface area contributed by atoms with E-state index in [1.165, 1.54) is 0 Å². The Bertz CT molecular complexity index is 406. The molecule has 1 heterocycles. The van der Waals surface area contributed by atoms with Gasteiger partial charge in [0.15, 0.2) is 0 Å². The van der Waals surface area contributed by atoms with E-state index in [0.29, 0.717) is 30.8 Å². The van der Waals surface area contributed by atoms with E-state index in [2.05, 4.69) is 5.32 Å². The summed E-state index contributed by atoms with van der Waals surface area (Å²) in [5.74, 6) is -0.956. The van der Waals surface area contributed by atoms with Gasteiger partial charge in [-0.3, -0.25) is 0 Å². The Morgan fingerprint density at radius 1 is 1.38 bits per heavy atom. The first kappa shape index (κ1) is 11.5. The smallest absolute Gasteiger partial charge is 0.129 e. The largest absolute Gasteiger partial charge is 0.379 e. The number of hydrogen-bond donors (Lipinski definition) is 1. The van der Waals surface area contributed by atoms with Gasteiger partial charge in [0.05, 0.1) is 19.3 Å².